The standard InChI is InChI=1S/C16H19NO/c18-16-8-4-7-15(13-16)10-12-17-11-9-14-5-2-1-3-6-14/h1-8,13,17-18H,9-12H2. The van der Waals surface area contributed by atoms with E-state index in [0.717, 1.165) is 25.9 Å². The molecule has 2 aromatic rings. The van der Waals surface area contributed by atoms with E-state index in [2.05, 4.69) is 29.6 Å². The minimum Gasteiger partial charge on any atom is -0.508 e. The lowest BCUT2D eigenvalue weighted by molar-refractivity contribution is 0.474. The van der Waals surface area contributed by atoms with E-state index in [1.54, 1.807) is 6.07 Å². The molecule has 0 heterocycles. The van der Waals surface area contributed by atoms with Crippen LogP contribution in [0.5, 0.6) is 5.75 Å². The van der Waals surface area contributed by atoms with Crippen molar-refractivity contribution in [2.45, 2.75) is 12.8 Å². The van der Waals surface area contributed by atoms with Gasteiger partial charge < -0.3 is 10.4 Å². The number of phenols is 1. The monoisotopic (exact) mass is 241 g/mol. The number of rotatable bonds is 6. The Morgan fingerprint density at radius 2 is 1.44 bits per heavy atom. The third-order valence-electron chi connectivity index (χ3n) is 2.93. The van der Waals surface area contributed by atoms with E-state index >= 15 is 0 Å². The molecule has 0 spiro atoms. The molecule has 0 aliphatic heterocycles. The van der Waals surface area contributed by atoms with Crippen molar-refractivity contribution in [2.75, 3.05) is 13.1 Å². The van der Waals surface area contributed by atoms with Gasteiger partial charge in [-0.15, -0.1) is 0 Å². The van der Waals surface area contributed by atoms with Crippen molar-refractivity contribution in [1.29, 1.82) is 0 Å². The molecule has 2 aromatic carbocycles. The molecule has 2 N–H and O–H groups in total. The lowest BCUT2D eigenvalue weighted by atomic mass is 10.1. The van der Waals surface area contributed by atoms with E-state index in [1.165, 1.54) is 11.1 Å². The topological polar surface area (TPSA) is 32.3 Å². The molecule has 2 rings (SSSR count). The first-order chi connectivity index (χ1) is 8.84. The molecule has 0 aliphatic carbocycles. The molecule has 0 aromatic heterocycles. The van der Waals surface area contributed by atoms with Gasteiger partial charge in [0.05, 0.1) is 0 Å². The molecular formula is C16H19NO. The lowest BCUT2D eigenvalue weighted by Gasteiger charge is -2.05. The van der Waals surface area contributed by atoms with Crippen LogP contribution in [0.4, 0.5) is 0 Å². The van der Waals surface area contributed by atoms with Crippen LogP contribution in [0.1, 0.15) is 11.1 Å². The summed E-state index contributed by atoms with van der Waals surface area (Å²) in [5.41, 5.74) is 2.53. The number of nitrogens with one attached hydrogen (secondary N) is 1. The van der Waals surface area contributed by atoms with Crippen LogP contribution >= 0.6 is 0 Å². The lowest BCUT2D eigenvalue weighted by Crippen LogP contribution is -2.20. The van der Waals surface area contributed by atoms with Crippen LogP contribution in [0, 0.1) is 0 Å². The highest BCUT2D eigenvalue weighted by Gasteiger charge is 1.95. The highest BCUT2D eigenvalue weighted by atomic mass is 16.3. The van der Waals surface area contributed by atoms with Gasteiger partial charge in [-0.2, -0.15) is 0 Å². The van der Waals surface area contributed by atoms with Crippen molar-refractivity contribution < 1.29 is 5.11 Å². The number of benzene rings is 2. The second kappa shape index (κ2) is 6.82. The van der Waals surface area contributed by atoms with Crippen LogP contribution in [-0.2, 0) is 12.8 Å². The van der Waals surface area contributed by atoms with Gasteiger partial charge in [0, 0.05) is 0 Å². The van der Waals surface area contributed by atoms with Crippen molar-refractivity contribution in [3.63, 3.8) is 0 Å². The van der Waals surface area contributed by atoms with Crippen LogP contribution in [-0.4, -0.2) is 18.2 Å². The maximum atomic E-state index is 9.34. The summed E-state index contributed by atoms with van der Waals surface area (Å²) < 4.78 is 0. The molecule has 0 unspecified atom stereocenters. The molecule has 2 nitrogen and oxygen atoms in total. The van der Waals surface area contributed by atoms with Crippen molar-refractivity contribution in [2.24, 2.45) is 0 Å². The maximum absolute atomic E-state index is 9.34. The zero-order chi connectivity index (χ0) is 12.6. The van der Waals surface area contributed by atoms with Gasteiger partial charge in [0.25, 0.3) is 0 Å². The predicted octanol–water partition coefficient (Wildman–Crippen LogP) is 2.77. The Balaban J connectivity index is 1.65. The smallest absolute Gasteiger partial charge is 0.115 e. The molecular weight excluding hydrogens is 222 g/mol. The highest BCUT2D eigenvalue weighted by Crippen LogP contribution is 2.10. The van der Waals surface area contributed by atoms with Crippen LogP contribution in [0.2, 0.25) is 0 Å². The fourth-order valence-corrected chi connectivity index (χ4v) is 1.95. The average molecular weight is 241 g/mol. The van der Waals surface area contributed by atoms with Crippen molar-refractivity contribution >= 4 is 0 Å². The first-order valence-corrected chi connectivity index (χ1v) is 6.37. The summed E-state index contributed by atoms with van der Waals surface area (Å²) in [6.45, 7) is 1.93. The Morgan fingerprint density at radius 1 is 0.778 bits per heavy atom. The van der Waals surface area contributed by atoms with Crippen molar-refractivity contribution in [3.05, 3.63) is 65.7 Å². The normalized spacial score (nSPS) is 10.4. The number of hydrogen-bond donors (Lipinski definition) is 2. The summed E-state index contributed by atoms with van der Waals surface area (Å²) in [6.07, 6.45) is 2.00. The molecule has 0 fully saturated rings. The molecule has 0 bridgehead atoms. The van der Waals surface area contributed by atoms with E-state index in [-0.39, 0.29) is 0 Å². The Labute approximate surface area is 108 Å². The van der Waals surface area contributed by atoms with Gasteiger partial charge in [-0.3, -0.25) is 0 Å². The molecule has 0 radical (unpaired) electrons. The van der Waals surface area contributed by atoms with Crippen LogP contribution < -0.4 is 5.32 Å². The fourth-order valence-electron chi connectivity index (χ4n) is 1.95. The predicted molar refractivity (Wildman–Crippen MR) is 74.8 cm³/mol. The van der Waals surface area contributed by atoms with E-state index in [0.29, 0.717) is 5.75 Å². The largest absolute Gasteiger partial charge is 0.508 e. The molecule has 0 saturated heterocycles. The summed E-state index contributed by atoms with van der Waals surface area (Å²) in [7, 11) is 0. The van der Waals surface area contributed by atoms with Gasteiger partial charge in [-0.05, 0) is 49.2 Å². The molecule has 0 amide bonds. The summed E-state index contributed by atoms with van der Waals surface area (Å²) in [5.74, 6) is 0.344. The summed E-state index contributed by atoms with van der Waals surface area (Å²) in [5, 5.41) is 12.8. The number of phenolic OH excluding ortho intramolecular Hbond substituents is 1. The van der Waals surface area contributed by atoms with Gasteiger partial charge in [0.1, 0.15) is 5.75 Å². The summed E-state index contributed by atoms with van der Waals surface area (Å²) in [4.78, 5) is 0. The second-order valence-electron chi connectivity index (χ2n) is 4.41. The third kappa shape index (κ3) is 4.22. The zero-order valence-corrected chi connectivity index (χ0v) is 10.5. The summed E-state index contributed by atoms with van der Waals surface area (Å²) >= 11 is 0. The third-order valence-corrected chi connectivity index (χ3v) is 2.93. The van der Waals surface area contributed by atoms with Crippen LogP contribution in [0.25, 0.3) is 0 Å². The van der Waals surface area contributed by atoms with Gasteiger partial charge in [-0.25, -0.2) is 0 Å². The second-order valence-corrected chi connectivity index (χ2v) is 4.41. The van der Waals surface area contributed by atoms with Gasteiger partial charge in [-0.1, -0.05) is 42.5 Å². The first-order valence-electron chi connectivity index (χ1n) is 6.37. The van der Waals surface area contributed by atoms with Crippen molar-refractivity contribution in [3.8, 4) is 5.75 Å². The van der Waals surface area contributed by atoms with Gasteiger partial charge >= 0.3 is 0 Å². The number of aromatic hydroxyl groups is 1. The Bertz CT molecular complexity index is 468. The van der Waals surface area contributed by atoms with E-state index in [4.69, 9.17) is 0 Å². The van der Waals surface area contributed by atoms with Crippen LogP contribution in [0.3, 0.4) is 0 Å². The van der Waals surface area contributed by atoms with E-state index in [9.17, 15) is 5.11 Å². The van der Waals surface area contributed by atoms with E-state index in [1.807, 2.05) is 24.3 Å². The van der Waals surface area contributed by atoms with Crippen molar-refractivity contribution in [1.82, 2.24) is 5.32 Å². The first kappa shape index (κ1) is 12.7. The zero-order valence-electron chi connectivity index (χ0n) is 10.5. The SMILES string of the molecule is Oc1cccc(CCNCCc2ccccc2)c1. The Morgan fingerprint density at radius 3 is 2.17 bits per heavy atom. The quantitative estimate of drug-likeness (QED) is 0.762. The molecule has 2 heteroatoms. The molecule has 0 atom stereocenters. The Hall–Kier alpha value is -1.80. The van der Waals surface area contributed by atoms with Crippen LogP contribution in [0.15, 0.2) is 54.6 Å². The molecule has 0 aliphatic rings. The van der Waals surface area contributed by atoms with Gasteiger partial charge in [0.15, 0.2) is 0 Å². The summed E-state index contributed by atoms with van der Waals surface area (Å²) in [6, 6.07) is 17.9. The highest BCUT2D eigenvalue weighted by molar-refractivity contribution is 5.27. The van der Waals surface area contributed by atoms with Gasteiger partial charge in [0.2, 0.25) is 0 Å². The number of hydrogen-bond acceptors (Lipinski definition) is 2. The molecule has 94 valence electrons. The Kier molecular flexibility index (Phi) is 4.79. The maximum Gasteiger partial charge on any atom is 0.115 e. The molecule has 18 heavy (non-hydrogen) atoms. The van der Waals surface area contributed by atoms with E-state index < -0.39 is 0 Å². The minimum atomic E-state index is 0.344. The average Bonchev–Trinajstić information content (AvgIpc) is 2.40. The fraction of sp³-hybridized carbons (Fsp3) is 0.250. The minimum absolute atomic E-state index is 0.344. The molecule has 0 saturated carbocycles.